The Morgan fingerprint density at radius 3 is 1.15 bits per heavy atom. The summed E-state index contributed by atoms with van der Waals surface area (Å²) in [6.07, 6.45) is 90.0. The number of amides is 1. The van der Waals surface area contributed by atoms with Gasteiger partial charge in [0.15, 0.2) is 0 Å². The summed E-state index contributed by atoms with van der Waals surface area (Å²) in [6, 6.07) is -0.912. The zero-order valence-electron chi connectivity index (χ0n) is 55.5. The van der Waals surface area contributed by atoms with Crippen LogP contribution in [0.25, 0.3) is 0 Å². The molecule has 0 aliphatic heterocycles. The average molecular weight is 1200 g/mol. The number of nitrogens with zero attached hydrogens (tertiary/aromatic N) is 1. The molecule has 0 saturated carbocycles. The van der Waals surface area contributed by atoms with E-state index >= 15 is 0 Å². The number of allylic oxidation sites excluding steroid dienone is 21. The van der Waals surface area contributed by atoms with Gasteiger partial charge in [-0.1, -0.05) is 270 Å². The normalized spacial score (nSPS) is 14.4. The third-order valence-corrected chi connectivity index (χ3v) is 15.5. The molecule has 3 atom stereocenters. The molecule has 0 aromatic carbocycles. The molecule has 10 heteroatoms. The molecular weight excluding hydrogens is 1070 g/mol. The number of carbonyl (C=O) groups excluding carboxylic acids is 2. The van der Waals surface area contributed by atoms with Crippen molar-refractivity contribution in [3.8, 4) is 0 Å². The first-order valence-corrected chi connectivity index (χ1v) is 36.0. The molecule has 0 radical (unpaired) electrons. The van der Waals surface area contributed by atoms with E-state index in [-0.39, 0.29) is 31.3 Å². The molecule has 0 spiro atoms. The molecule has 0 fully saturated rings. The molecule has 0 saturated heterocycles. The van der Waals surface area contributed by atoms with E-state index in [1.807, 2.05) is 33.3 Å². The molecule has 0 aliphatic carbocycles. The first-order valence-electron chi connectivity index (χ1n) is 34.5. The number of carbonyl (C=O) groups is 2. The first kappa shape index (κ1) is 81.2. The first-order chi connectivity index (χ1) is 41.4. The van der Waals surface area contributed by atoms with E-state index in [1.54, 1.807) is 0 Å². The number of likely N-dealkylation sites (N-methyl/N-ethyl adjacent to an activating group) is 1. The van der Waals surface area contributed by atoms with Gasteiger partial charge in [0.2, 0.25) is 5.91 Å². The lowest BCUT2D eigenvalue weighted by Crippen LogP contribution is -2.47. The Morgan fingerprint density at radius 1 is 0.424 bits per heavy atom. The number of rotatable bonds is 61. The third kappa shape index (κ3) is 64.5. The van der Waals surface area contributed by atoms with Crippen molar-refractivity contribution < 1.29 is 37.3 Å². The van der Waals surface area contributed by atoms with Crippen molar-refractivity contribution in [2.75, 3.05) is 40.9 Å². The lowest BCUT2D eigenvalue weighted by Gasteiger charge is -2.30. The number of phosphoric acid groups is 1. The molecule has 3 unspecified atom stereocenters. The van der Waals surface area contributed by atoms with Gasteiger partial charge in [-0.3, -0.25) is 14.2 Å². The minimum atomic E-state index is -4.72. The van der Waals surface area contributed by atoms with Crippen molar-refractivity contribution in [1.29, 1.82) is 0 Å². The maximum atomic E-state index is 13.6. The summed E-state index contributed by atoms with van der Waals surface area (Å²) in [5.74, 6) is -0.578. The van der Waals surface area contributed by atoms with Crippen molar-refractivity contribution in [3.05, 3.63) is 134 Å². The smallest absolute Gasteiger partial charge is 0.306 e. The standard InChI is InChI=1S/C75H129N2O7P/c1-7-10-13-16-19-22-25-27-29-31-33-35-36-37-38-39-40-42-44-46-48-50-53-56-59-62-65-68-75(79)84-73(66-63-60-57-54-51-24-21-18-15-12-9-3)72(71-83-85(80,81)82-70-69-77(4,5)6)76-74(78)67-64-61-58-55-52-49-47-45-43-41-34-32-30-28-26-23-20-17-14-11-8-2/h10,13,19-20,22-23,27-30,33-35,37-38,40-42,45,47,63,66,72-73H,7-9,11-12,14-18,21,24-26,31-32,36,39,43-44,46,48-62,64-65,67-71H2,1-6H3,(H-,76,78,80,81)/b13-10-,22-19-,23-20-,29-27-,30-28-,35-33-,38-37-,41-34-,42-40-,47-45-,66-63-. The average Bonchev–Trinajstić information content (AvgIpc) is 3.59. The molecule has 0 bridgehead atoms. The Kier molecular flexibility index (Phi) is 60.3. The fourth-order valence-corrected chi connectivity index (χ4v) is 10.00. The van der Waals surface area contributed by atoms with Gasteiger partial charge in [0.1, 0.15) is 19.3 Å². The van der Waals surface area contributed by atoms with Gasteiger partial charge in [-0.25, -0.2) is 0 Å². The molecule has 0 rings (SSSR count). The van der Waals surface area contributed by atoms with Crippen LogP contribution in [0, 0.1) is 0 Å². The molecule has 486 valence electrons. The largest absolute Gasteiger partial charge is 0.756 e. The number of hydrogen-bond acceptors (Lipinski definition) is 7. The number of hydrogen-bond donors (Lipinski definition) is 1. The molecule has 9 nitrogen and oxygen atoms in total. The molecule has 0 aliphatic rings. The summed E-state index contributed by atoms with van der Waals surface area (Å²) < 4.78 is 30.4. The van der Waals surface area contributed by atoms with E-state index in [1.165, 1.54) is 96.3 Å². The zero-order valence-corrected chi connectivity index (χ0v) is 56.4. The van der Waals surface area contributed by atoms with Gasteiger partial charge < -0.3 is 28.5 Å². The van der Waals surface area contributed by atoms with Crippen LogP contribution in [0.4, 0.5) is 0 Å². The van der Waals surface area contributed by atoms with Crippen molar-refractivity contribution in [2.45, 2.75) is 290 Å². The summed E-state index contributed by atoms with van der Waals surface area (Å²) >= 11 is 0. The second-order valence-electron chi connectivity index (χ2n) is 23.9. The quantitative estimate of drug-likeness (QED) is 0.0212. The molecular formula is C75H129N2O7P. The number of phosphoric ester groups is 1. The van der Waals surface area contributed by atoms with Gasteiger partial charge in [-0.15, -0.1) is 0 Å². The van der Waals surface area contributed by atoms with Crippen molar-refractivity contribution >= 4 is 19.7 Å². The monoisotopic (exact) mass is 1200 g/mol. The summed E-state index contributed by atoms with van der Waals surface area (Å²) in [7, 11) is 1.15. The maximum absolute atomic E-state index is 13.6. The second-order valence-corrected chi connectivity index (χ2v) is 25.4. The molecule has 1 N–H and O–H groups in total. The van der Waals surface area contributed by atoms with Crippen LogP contribution in [0.5, 0.6) is 0 Å². The summed E-state index contributed by atoms with van der Waals surface area (Å²) in [6.45, 7) is 6.67. The highest BCUT2D eigenvalue weighted by Gasteiger charge is 2.27. The summed E-state index contributed by atoms with van der Waals surface area (Å²) in [4.78, 5) is 40.1. The summed E-state index contributed by atoms with van der Waals surface area (Å²) in [5.41, 5.74) is 0. The van der Waals surface area contributed by atoms with Gasteiger partial charge in [0.25, 0.3) is 7.82 Å². The van der Waals surface area contributed by atoms with Gasteiger partial charge >= 0.3 is 5.97 Å². The van der Waals surface area contributed by atoms with E-state index in [0.717, 1.165) is 135 Å². The van der Waals surface area contributed by atoms with Gasteiger partial charge in [0.05, 0.1) is 33.8 Å². The fourth-order valence-electron chi connectivity index (χ4n) is 9.27. The lowest BCUT2D eigenvalue weighted by molar-refractivity contribution is -0.870. The predicted molar refractivity (Wildman–Crippen MR) is 366 cm³/mol. The molecule has 85 heavy (non-hydrogen) atoms. The maximum Gasteiger partial charge on any atom is 0.306 e. The van der Waals surface area contributed by atoms with Crippen LogP contribution in [0.2, 0.25) is 0 Å². The second kappa shape index (κ2) is 63.2. The number of quaternary nitrogens is 1. The minimum absolute atomic E-state index is 0.0347. The van der Waals surface area contributed by atoms with E-state index in [0.29, 0.717) is 23.9 Å². The van der Waals surface area contributed by atoms with E-state index in [4.69, 9.17) is 13.8 Å². The lowest BCUT2D eigenvalue weighted by atomic mass is 10.1. The van der Waals surface area contributed by atoms with Crippen LogP contribution in [-0.2, 0) is 27.9 Å². The molecule has 1 amide bonds. The Hall–Kier alpha value is -3.85. The number of unbranched alkanes of at least 4 members (excludes halogenated alkanes) is 25. The highest BCUT2D eigenvalue weighted by molar-refractivity contribution is 7.45. The van der Waals surface area contributed by atoms with E-state index in [9.17, 15) is 19.0 Å². The van der Waals surface area contributed by atoms with Gasteiger partial charge in [0, 0.05) is 12.8 Å². The topological polar surface area (TPSA) is 114 Å². The van der Waals surface area contributed by atoms with E-state index in [2.05, 4.69) is 148 Å². The number of nitrogens with one attached hydrogen (secondary N) is 1. The van der Waals surface area contributed by atoms with Crippen molar-refractivity contribution in [2.24, 2.45) is 0 Å². The van der Waals surface area contributed by atoms with Crippen molar-refractivity contribution in [1.82, 2.24) is 5.32 Å². The Balaban J connectivity index is 5.13. The zero-order chi connectivity index (χ0) is 62.1. The Morgan fingerprint density at radius 2 is 0.753 bits per heavy atom. The SMILES string of the molecule is CC/C=C\C/C=C\C/C=C\C/C=C\C/C=C\C/C=C\CCCCCCCCCCC(=O)OC(/C=C\CCCCCCCCCCC)C(COP(=O)([O-])OCC[N+](C)(C)C)NC(=O)CCCCCCC/C=C\C/C=C\C/C=C\C/C=C\CCCCC. The van der Waals surface area contributed by atoms with Crippen LogP contribution < -0.4 is 10.2 Å². The molecule has 0 aromatic heterocycles. The van der Waals surface area contributed by atoms with Crippen LogP contribution in [0.15, 0.2) is 134 Å². The Labute approximate surface area is 524 Å². The number of esters is 1. The third-order valence-electron chi connectivity index (χ3n) is 14.6. The highest BCUT2D eigenvalue weighted by atomic mass is 31.2. The van der Waals surface area contributed by atoms with Crippen LogP contribution in [0.1, 0.15) is 278 Å². The number of ether oxygens (including phenoxy) is 1. The van der Waals surface area contributed by atoms with Crippen LogP contribution >= 0.6 is 7.82 Å². The van der Waals surface area contributed by atoms with Crippen molar-refractivity contribution in [3.63, 3.8) is 0 Å². The van der Waals surface area contributed by atoms with Crippen LogP contribution in [0.3, 0.4) is 0 Å². The summed E-state index contributed by atoms with van der Waals surface area (Å²) in [5, 5.41) is 3.02. The highest BCUT2D eigenvalue weighted by Crippen LogP contribution is 2.38. The Bertz CT molecular complexity index is 1920. The van der Waals surface area contributed by atoms with Crippen LogP contribution in [-0.4, -0.2) is 69.4 Å². The van der Waals surface area contributed by atoms with Gasteiger partial charge in [-0.2, -0.15) is 0 Å². The fraction of sp³-hybridized carbons (Fsp3) is 0.680. The van der Waals surface area contributed by atoms with Gasteiger partial charge in [-0.05, 0) is 128 Å². The predicted octanol–water partition coefficient (Wildman–Crippen LogP) is 21.4. The van der Waals surface area contributed by atoms with E-state index < -0.39 is 26.6 Å². The minimum Gasteiger partial charge on any atom is -0.756 e. The molecule has 0 aromatic rings. The molecule has 0 heterocycles.